The number of nitrogens with one attached hydrogen (secondary N) is 1. The average Bonchev–Trinajstić information content (AvgIpc) is 2.59. The molecule has 0 amide bonds. The van der Waals surface area contributed by atoms with Crippen LogP contribution in [0.5, 0.6) is 0 Å². The van der Waals surface area contributed by atoms with Gasteiger partial charge >= 0.3 is 5.97 Å². The molecule has 0 aliphatic heterocycles. The van der Waals surface area contributed by atoms with Crippen molar-refractivity contribution in [2.45, 2.75) is 99.3 Å². The third kappa shape index (κ3) is 5.40. The van der Waals surface area contributed by atoms with Gasteiger partial charge in [-0.1, -0.05) is 34.6 Å². The number of carbonyl (C=O) groups excluding carboxylic acids is 1. The third-order valence-corrected chi connectivity index (χ3v) is 6.50. The molecular formula is C22H42N2O3. The van der Waals surface area contributed by atoms with Crippen LogP contribution in [0.3, 0.4) is 0 Å². The van der Waals surface area contributed by atoms with Gasteiger partial charge in [-0.25, -0.2) is 0 Å². The summed E-state index contributed by atoms with van der Waals surface area (Å²) in [6.45, 7) is 23.7. The zero-order valence-corrected chi connectivity index (χ0v) is 19.2. The lowest BCUT2D eigenvalue weighted by Crippen LogP contribution is -2.55. The second-order valence-corrected chi connectivity index (χ2v) is 9.33. The highest BCUT2D eigenvalue weighted by molar-refractivity contribution is 5.77. The Morgan fingerprint density at radius 2 is 1.59 bits per heavy atom. The zero-order chi connectivity index (χ0) is 21.7. The smallest absolute Gasteiger partial charge is 0.314 e. The molecule has 0 aliphatic carbocycles. The second-order valence-electron chi connectivity index (χ2n) is 9.33. The topological polar surface area (TPSA) is 71.7 Å². The molecular weight excluding hydrogens is 340 g/mol. The van der Waals surface area contributed by atoms with Gasteiger partial charge in [0.15, 0.2) is 0 Å². The molecule has 0 saturated heterocycles. The van der Waals surface area contributed by atoms with Gasteiger partial charge in [0, 0.05) is 11.6 Å². The molecule has 0 heterocycles. The van der Waals surface area contributed by atoms with Crippen LogP contribution in [0.1, 0.15) is 82.1 Å². The highest BCUT2D eigenvalue weighted by Crippen LogP contribution is 2.43. The van der Waals surface area contributed by atoms with Crippen LogP contribution in [-0.4, -0.2) is 42.8 Å². The van der Waals surface area contributed by atoms with Crippen molar-refractivity contribution in [3.05, 3.63) is 0 Å². The molecule has 5 heteroatoms. The van der Waals surface area contributed by atoms with Crippen LogP contribution in [0.4, 0.5) is 0 Å². The first-order valence-corrected chi connectivity index (χ1v) is 10.0. The Hall–Kier alpha value is -1.23. The first-order chi connectivity index (χ1) is 12.2. The van der Waals surface area contributed by atoms with E-state index < -0.39 is 22.0 Å². The van der Waals surface area contributed by atoms with Gasteiger partial charge in [0.25, 0.3) is 0 Å². The molecule has 0 rings (SSSR count). The summed E-state index contributed by atoms with van der Waals surface area (Å²) < 4.78 is 11.9. The summed E-state index contributed by atoms with van der Waals surface area (Å²) in [5.41, 5.74) is -2.43. The molecule has 0 aromatic heterocycles. The van der Waals surface area contributed by atoms with E-state index in [-0.39, 0.29) is 24.6 Å². The molecule has 0 radical (unpaired) electrons. The van der Waals surface area contributed by atoms with E-state index in [4.69, 9.17) is 14.9 Å². The standard InChI is InChI=1S/C22H42N2O3/c1-12-22(13-2,18(25)27-19(6,7)8)15-26-17(5)21(10,24-11)20(9,14-23)16(3)4/h14,16-17,23H,11-13,15H2,1-10H3/t17-,20?,21?/m1/s1. The third-order valence-electron chi connectivity index (χ3n) is 6.50. The van der Waals surface area contributed by atoms with E-state index in [2.05, 4.69) is 25.6 Å². The second kappa shape index (κ2) is 9.31. The minimum atomic E-state index is -0.692. The number of hydrogen-bond donors (Lipinski definition) is 1. The van der Waals surface area contributed by atoms with Gasteiger partial charge in [-0.3, -0.25) is 9.79 Å². The lowest BCUT2D eigenvalue weighted by molar-refractivity contribution is -0.175. The summed E-state index contributed by atoms with van der Waals surface area (Å²) in [6.07, 6.45) is 2.40. The fraction of sp³-hybridized carbons (Fsp3) is 0.864. The van der Waals surface area contributed by atoms with Crippen molar-refractivity contribution in [3.8, 4) is 0 Å². The van der Waals surface area contributed by atoms with E-state index in [9.17, 15) is 4.79 Å². The highest BCUT2D eigenvalue weighted by atomic mass is 16.6. The van der Waals surface area contributed by atoms with Crippen molar-refractivity contribution in [1.29, 1.82) is 5.41 Å². The van der Waals surface area contributed by atoms with Gasteiger partial charge in [-0.15, -0.1) is 0 Å². The minimum absolute atomic E-state index is 0.185. The van der Waals surface area contributed by atoms with Gasteiger partial charge in [0.05, 0.1) is 23.7 Å². The number of rotatable bonds is 11. The molecule has 27 heavy (non-hydrogen) atoms. The highest BCUT2D eigenvalue weighted by Gasteiger charge is 2.50. The molecule has 0 aromatic rings. The predicted octanol–water partition coefficient (Wildman–Crippen LogP) is 5.31. The Morgan fingerprint density at radius 1 is 1.11 bits per heavy atom. The number of ether oxygens (including phenoxy) is 2. The summed E-state index contributed by atoms with van der Waals surface area (Å²) >= 11 is 0. The molecule has 2 unspecified atom stereocenters. The maximum absolute atomic E-state index is 12.9. The number of esters is 1. The van der Waals surface area contributed by atoms with Crippen LogP contribution in [0.25, 0.3) is 0 Å². The van der Waals surface area contributed by atoms with E-state index in [1.807, 2.05) is 55.4 Å². The number of nitrogens with zero attached hydrogens (tertiary/aromatic N) is 1. The summed E-state index contributed by atoms with van der Waals surface area (Å²) in [5, 5.41) is 7.99. The first kappa shape index (κ1) is 25.8. The van der Waals surface area contributed by atoms with Crippen molar-refractivity contribution < 1.29 is 14.3 Å². The SMILES string of the molecule is C=NC(C)([C@@H](C)OCC(CC)(CC)C(=O)OC(C)(C)C)C(C)(C=N)C(C)C. The van der Waals surface area contributed by atoms with Gasteiger partial charge in [0.1, 0.15) is 5.60 Å². The Bertz CT molecular complexity index is 520. The van der Waals surface area contributed by atoms with Crippen molar-refractivity contribution in [2.75, 3.05) is 6.61 Å². The molecule has 0 bridgehead atoms. The molecule has 0 spiro atoms. The van der Waals surface area contributed by atoms with E-state index in [1.54, 1.807) is 0 Å². The summed E-state index contributed by atoms with van der Waals surface area (Å²) in [4.78, 5) is 17.3. The van der Waals surface area contributed by atoms with Gasteiger partial charge in [0.2, 0.25) is 0 Å². The van der Waals surface area contributed by atoms with Crippen LogP contribution in [0.2, 0.25) is 0 Å². The van der Waals surface area contributed by atoms with Crippen LogP contribution in [0, 0.1) is 22.2 Å². The fourth-order valence-corrected chi connectivity index (χ4v) is 3.27. The molecule has 0 aliphatic rings. The molecule has 0 fully saturated rings. The summed E-state index contributed by atoms with van der Waals surface area (Å²) in [6, 6.07) is 0. The number of aliphatic imine (C=N–C) groups is 1. The quantitative estimate of drug-likeness (QED) is 0.389. The van der Waals surface area contributed by atoms with Gasteiger partial charge in [-0.2, -0.15) is 0 Å². The zero-order valence-electron chi connectivity index (χ0n) is 19.2. The van der Waals surface area contributed by atoms with Crippen LogP contribution in [-0.2, 0) is 14.3 Å². The van der Waals surface area contributed by atoms with Crippen LogP contribution >= 0.6 is 0 Å². The number of carbonyl (C=O) groups is 1. The van der Waals surface area contributed by atoms with Gasteiger partial charge in [-0.05, 0) is 60.1 Å². The Balaban J connectivity index is 5.63. The lowest BCUT2D eigenvalue weighted by atomic mass is 9.63. The van der Waals surface area contributed by atoms with E-state index in [1.165, 1.54) is 6.21 Å². The molecule has 5 nitrogen and oxygen atoms in total. The summed E-state index contributed by atoms with van der Waals surface area (Å²) in [5.74, 6) is -0.0383. The Labute approximate surface area is 166 Å². The van der Waals surface area contributed by atoms with Crippen molar-refractivity contribution in [2.24, 2.45) is 21.7 Å². The normalized spacial score (nSPS) is 18.3. The molecule has 158 valence electrons. The lowest BCUT2D eigenvalue weighted by Gasteiger charge is -2.47. The largest absolute Gasteiger partial charge is 0.459 e. The van der Waals surface area contributed by atoms with Crippen LogP contribution in [0.15, 0.2) is 4.99 Å². The van der Waals surface area contributed by atoms with Gasteiger partial charge < -0.3 is 14.9 Å². The maximum atomic E-state index is 12.9. The molecule has 1 N–H and O–H groups in total. The van der Waals surface area contributed by atoms with Crippen molar-refractivity contribution >= 4 is 18.9 Å². The maximum Gasteiger partial charge on any atom is 0.314 e. The molecule has 0 aromatic carbocycles. The Morgan fingerprint density at radius 3 is 1.89 bits per heavy atom. The van der Waals surface area contributed by atoms with Crippen molar-refractivity contribution in [3.63, 3.8) is 0 Å². The Kier molecular flexibility index (Phi) is 8.89. The predicted molar refractivity (Wildman–Crippen MR) is 114 cm³/mol. The first-order valence-electron chi connectivity index (χ1n) is 10.0. The summed E-state index contributed by atoms with van der Waals surface area (Å²) in [7, 11) is 0. The molecule has 0 saturated carbocycles. The minimum Gasteiger partial charge on any atom is -0.459 e. The van der Waals surface area contributed by atoms with E-state index in [0.717, 1.165) is 0 Å². The fourth-order valence-electron chi connectivity index (χ4n) is 3.27. The average molecular weight is 383 g/mol. The van der Waals surface area contributed by atoms with E-state index in [0.29, 0.717) is 12.8 Å². The number of hydrogen-bond acceptors (Lipinski definition) is 5. The van der Waals surface area contributed by atoms with E-state index >= 15 is 0 Å². The monoisotopic (exact) mass is 382 g/mol. The van der Waals surface area contributed by atoms with Crippen molar-refractivity contribution in [1.82, 2.24) is 0 Å². The van der Waals surface area contributed by atoms with Crippen LogP contribution < -0.4 is 0 Å². The molecule has 3 atom stereocenters.